The van der Waals surface area contributed by atoms with Crippen molar-refractivity contribution >= 4 is 10.2 Å². The minimum absolute atomic E-state index is 0.261. The van der Waals surface area contributed by atoms with Gasteiger partial charge in [-0.3, -0.25) is 0 Å². The van der Waals surface area contributed by atoms with E-state index in [1.165, 1.54) is 0 Å². The summed E-state index contributed by atoms with van der Waals surface area (Å²) in [5.74, 6) is 0. The molecule has 0 bridgehead atoms. The maximum Gasteiger partial charge on any atom is 0.278 e. The molecule has 12 heavy (non-hydrogen) atoms. The van der Waals surface area contributed by atoms with Crippen molar-refractivity contribution in [2.45, 2.75) is 6.04 Å². The third kappa shape index (κ3) is 1.92. The van der Waals surface area contributed by atoms with Gasteiger partial charge in [-0.2, -0.15) is 18.0 Å². The second kappa shape index (κ2) is 3.37. The van der Waals surface area contributed by atoms with Crippen molar-refractivity contribution in [2.75, 3.05) is 19.6 Å². The molecule has 7 heteroatoms. The highest BCUT2D eigenvalue weighted by Gasteiger charge is 2.29. The molecule has 1 aliphatic rings. The predicted octanol–water partition coefficient (Wildman–Crippen LogP) is -2.01. The molecule has 6 nitrogen and oxygen atoms in total. The van der Waals surface area contributed by atoms with Crippen LogP contribution in [0.1, 0.15) is 0 Å². The lowest BCUT2D eigenvalue weighted by atomic mass is 10.3. The fraction of sp³-hybridized carbons (Fsp3) is 0.800. The normalized spacial score (nSPS) is 26.5. The van der Waals surface area contributed by atoms with Crippen LogP contribution in [0, 0.1) is 11.3 Å². The summed E-state index contributed by atoms with van der Waals surface area (Å²) in [6.45, 7) is 1.14. The number of hydrogen-bond donors (Lipinski definition) is 2. The van der Waals surface area contributed by atoms with Crippen molar-refractivity contribution in [3.8, 4) is 6.07 Å². The minimum Gasteiger partial charge on any atom is -0.313 e. The summed E-state index contributed by atoms with van der Waals surface area (Å²) >= 11 is 0. The SMILES string of the molecule is N#CC1CNCCN1S(N)(=O)=O. The van der Waals surface area contributed by atoms with Gasteiger partial charge in [-0.1, -0.05) is 0 Å². The van der Waals surface area contributed by atoms with Gasteiger partial charge in [0, 0.05) is 19.6 Å². The number of nitrogens with zero attached hydrogens (tertiary/aromatic N) is 2. The summed E-state index contributed by atoms with van der Waals surface area (Å²) in [4.78, 5) is 0. The maximum atomic E-state index is 10.9. The molecule has 1 fully saturated rings. The second-order valence-corrected chi connectivity index (χ2v) is 4.00. The predicted molar refractivity (Wildman–Crippen MR) is 42.1 cm³/mol. The van der Waals surface area contributed by atoms with Crippen LogP contribution in [0.3, 0.4) is 0 Å². The molecule has 68 valence electrons. The van der Waals surface area contributed by atoms with E-state index in [1.807, 2.05) is 6.07 Å². The minimum atomic E-state index is -3.72. The summed E-state index contributed by atoms with van der Waals surface area (Å²) in [5, 5.41) is 16.4. The first-order chi connectivity index (χ1) is 5.55. The summed E-state index contributed by atoms with van der Waals surface area (Å²) < 4.78 is 22.8. The zero-order valence-electron chi connectivity index (χ0n) is 6.40. The molecule has 0 spiro atoms. The first-order valence-corrected chi connectivity index (χ1v) is 4.96. The van der Waals surface area contributed by atoms with Crippen LogP contribution in [0.5, 0.6) is 0 Å². The van der Waals surface area contributed by atoms with Gasteiger partial charge in [0.05, 0.1) is 6.07 Å². The van der Waals surface area contributed by atoms with Gasteiger partial charge in [0.2, 0.25) is 0 Å². The highest BCUT2D eigenvalue weighted by Crippen LogP contribution is 2.04. The molecule has 0 saturated carbocycles. The standard InChI is InChI=1S/C5H10N4O2S/c6-3-5-4-8-1-2-9(5)12(7,10)11/h5,8H,1-2,4H2,(H2,7,10,11). The Morgan fingerprint density at radius 1 is 1.67 bits per heavy atom. The van der Waals surface area contributed by atoms with Crippen molar-refractivity contribution in [3.05, 3.63) is 0 Å². The smallest absolute Gasteiger partial charge is 0.278 e. The highest BCUT2D eigenvalue weighted by atomic mass is 32.2. The van der Waals surface area contributed by atoms with Gasteiger partial charge in [-0.05, 0) is 0 Å². The van der Waals surface area contributed by atoms with Gasteiger partial charge in [-0.25, -0.2) is 5.14 Å². The third-order valence-electron chi connectivity index (χ3n) is 1.67. The van der Waals surface area contributed by atoms with E-state index in [1.54, 1.807) is 0 Å². The molecule has 3 N–H and O–H groups in total. The third-order valence-corrected chi connectivity index (χ3v) is 2.76. The molecule has 1 heterocycles. The van der Waals surface area contributed by atoms with Crippen molar-refractivity contribution < 1.29 is 8.42 Å². The van der Waals surface area contributed by atoms with Crippen LogP contribution in [-0.2, 0) is 10.2 Å². The highest BCUT2D eigenvalue weighted by molar-refractivity contribution is 7.86. The zero-order chi connectivity index (χ0) is 9.19. The molecular formula is C5H10N4O2S. The molecule has 1 saturated heterocycles. The van der Waals surface area contributed by atoms with Crippen LogP contribution in [0.2, 0.25) is 0 Å². The first-order valence-electron chi connectivity index (χ1n) is 3.45. The summed E-state index contributed by atoms with van der Waals surface area (Å²) in [5.41, 5.74) is 0. The van der Waals surface area contributed by atoms with Gasteiger partial charge in [0.25, 0.3) is 10.2 Å². The maximum absolute atomic E-state index is 10.9. The molecule has 0 aromatic heterocycles. The fourth-order valence-electron chi connectivity index (χ4n) is 1.10. The number of nitrogens with one attached hydrogen (secondary N) is 1. The largest absolute Gasteiger partial charge is 0.313 e. The Bertz CT molecular complexity index is 293. The van der Waals surface area contributed by atoms with Gasteiger partial charge in [0.1, 0.15) is 6.04 Å². The van der Waals surface area contributed by atoms with Gasteiger partial charge in [0.15, 0.2) is 0 Å². The summed E-state index contributed by atoms with van der Waals surface area (Å²) in [7, 11) is -3.72. The van der Waals surface area contributed by atoms with E-state index >= 15 is 0 Å². The Kier molecular flexibility index (Phi) is 2.64. The molecule has 1 atom stereocenters. The Hall–Kier alpha value is -0.680. The number of piperazine rings is 1. The van der Waals surface area contributed by atoms with Crippen LogP contribution in [0.25, 0.3) is 0 Å². The van der Waals surface area contributed by atoms with E-state index in [0.717, 1.165) is 4.31 Å². The molecule has 0 aliphatic carbocycles. The second-order valence-electron chi connectivity index (χ2n) is 2.50. The number of rotatable bonds is 1. The van der Waals surface area contributed by atoms with Crippen LogP contribution in [0.15, 0.2) is 0 Å². The molecule has 0 radical (unpaired) electrons. The van der Waals surface area contributed by atoms with Crippen LogP contribution in [0.4, 0.5) is 0 Å². The average molecular weight is 190 g/mol. The Labute approximate surface area is 71.1 Å². The van der Waals surface area contributed by atoms with Crippen LogP contribution >= 0.6 is 0 Å². The van der Waals surface area contributed by atoms with Crippen molar-refractivity contribution in [1.29, 1.82) is 5.26 Å². The lowest BCUT2D eigenvalue weighted by Gasteiger charge is -2.28. The zero-order valence-corrected chi connectivity index (χ0v) is 7.21. The number of nitrogens with two attached hydrogens (primary N) is 1. The Balaban J connectivity index is 2.81. The van der Waals surface area contributed by atoms with Gasteiger partial charge < -0.3 is 5.32 Å². The average Bonchev–Trinajstić information content (AvgIpc) is 2.03. The molecular weight excluding hydrogens is 180 g/mol. The van der Waals surface area contributed by atoms with Crippen molar-refractivity contribution in [1.82, 2.24) is 9.62 Å². The van der Waals surface area contributed by atoms with Crippen LogP contribution < -0.4 is 10.5 Å². The molecule has 0 amide bonds. The fourth-order valence-corrected chi connectivity index (χ4v) is 1.92. The van der Waals surface area contributed by atoms with E-state index in [2.05, 4.69) is 5.32 Å². The molecule has 1 rings (SSSR count). The van der Waals surface area contributed by atoms with E-state index in [0.29, 0.717) is 13.1 Å². The van der Waals surface area contributed by atoms with E-state index in [9.17, 15) is 8.42 Å². The van der Waals surface area contributed by atoms with E-state index in [-0.39, 0.29) is 6.54 Å². The molecule has 1 aliphatic heterocycles. The molecule has 0 aromatic rings. The van der Waals surface area contributed by atoms with Crippen molar-refractivity contribution in [2.24, 2.45) is 5.14 Å². The number of nitriles is 1. The monoisotopic (exact) mass is 190 g/mol. The van der Waals surface area contributed by atoms with E-state index in [4.69, 9.17) is 10.4 Å². The molecule has 0 aromatic carbocycles. The van der Waals surface area contributed by atoms with E-state index < -0.39 is 16.3 Å². The number of hydrogen-bond acceptors (Lipinski definition) is 4. The van der Waals surface area contributed by atoms with Gasteiger partial charge >= 0.3 is 0 Å². The summed E-state index contributed by atoms with van der Waals surface area (Å²) in [6, 6.07) is 1.19. The van der Waals surface area contributed by atoms with Gasteiger partial charge in [-0.15, -0.1) is 0 Å². The van der Waals surface area contributed by atoms with Crippen molar-refractivity contribution in [3.63, 3.8) is 0 Å². The first kappa shape index (κ1) is 9.41. The Morgan fingerprint density at radius 3 is 2.75 bits per heavy atom. The molecule has 1 unspecified atom stereocenters. The summed E-state index contributed by atoms with van der Waals surface area (Å²) in [6.07, 6.45) is 0. The lowest BCUT2D eigenvalue weighted by Crippen LogP contribution is -2.54. The quantitative estimate of drug-likeness (QED) is 0.499. The topological polar surface area (TPSA) is 99.2 Å². The lowest BCUT2D eigenvalue weighted by molar-refractivity contribution is 0.312. The van der Waals surface area contributed by atoms with Crippen LogP contribution in [-0.4, -0.2) is 38.4 Å². The Morgan fingerprint density at radius 2 is 2.33 bits per heavy atom.